The molecule has 0 aromatic heterocycles. The number of amides is 1. The summed E-state index contributed by atoms with van der Waals surface area (Å²) < 4.78 is 0. The summed E-state index contributed by atoms with van der Waals surface area (Å²) in [5.41, 5.74) is 4.48. The van der Waals surface area contributed by atoms with Gasteiger partial charge in [-0.2, -0.15) is 11.8 Å². The number of nitrogens with one attached hydrogen (secondary N) is 1. The van der Waals surface area contributed by atoms with Gasteiger partial charge in [-0.1, -0.05) is 24.3 Å². The second-order valence-electron chi connectivity index (χ2n) is 5.40. The minimum Gasteiger partial charge on any atom is -0.298 e. The maximum Gasteiger partial charge on any atom is 0.241 e. The SMILES string of the molecule is CC(C(=O)NN)c1ccc(CN(C)C2CCSC2)cc1. The Hall–Kier alpha value is -1.04. The first kappa shape index (κ1) is 15.4. The molecule has 4 nitrogen and oxygen atoms in total. The van der Waals surface area contributed by atoms with E-state index in [0.717, 1.165) is 12.1 Å². The number of benzene rings is 1. The topological polar surface area (TPSA) is 58.4 Å². The van der Waals surface area contributed by atoms with Crippen molar-refractivity contribution in [3.8, 4) is 0 Å². The predicted molar refractivity (Wildman–Crippen MR) is 84.4 cm³/mol. The van der Waals surface area contributed by atoms with E-state index in [1.165, 1.54) is 23.5 Å². The van der Waals surface area contributed by atoms with Gasteiger partial charge >= 0.3 is 0 Å². The molecule has 0 saturated carbocycles. The number of carbonyl (C=O) groups is 1. The molecule has 2 rings (SSSR count). The molecule has 20 heavy (non-hydrogen) atoms. The van der Waals surface area contributed by atoms with Crippen molar-refractivity contribution in [2.75, 3.05) is 18.6 Å². The van der Waals surface area contributed by atoms with E-state index in [4.69, 9.17) is 5.84 Å². The van der Waals surface area contributed by atoms with Crippen LogP contribution in [0.25, 0.3) is 0 Å². The Labute approximate surface area is 125 Å². The molecule has 0 aliphatic carbocycles. The van der Waals surface area contributed by atoms with E-state index in [0.29, 0.717) is 6.04 Å². The van der Waals surface area contributed by atoms with Gasteiger partial charge in [0.05, 0.1) is 5.92 Å². The second-order valence-corrected chi connectivity index (χ2v) is 6.55. The van der Waals surface area contributed by atoms with Crippen LogP contribution >= 0.6 is 11.8 Å². The first-order valence-corrected chi connectivity index (χ1v) is 8.14. The number of rotatable bonds is 5. The zero-order valence-electron chi connectivity index (χ0n) is 12.1. The van der Waals surface area contributed by atoms with Crippen LogP contribution in [0.3, 0.4) is 0 Å². The highest BCUT2D eigenvalue weighted by Gasteiger charge is 2.20. The van der Waals surface area contributed by atoms with Gasteiger partial charge in [0.1, 0.15) is 0 Å². The Balaban J connectivity index is 1.95. The molecule has 1 aromatic rings. The molecule has 110 valence electrons. The van der Waals surface area contributed by atoms with E-state index in [1.54, 1.807) is 0 Å². The molecule has 1 saturated heterocycles. The molecule has 0 radical (unpaired) electrons. The number of hydrogen-bond donors (Lipinski definition) is 2. The summed E-state index contributed by atoms with van der Waals surface area (Å²) in [5.74, 6) is 7.32. The molecule has 1 heterocycles. The largest absolute Gasteiger partial charge is 0.298 e. The molecule has 1 aromatic carbocycles. The summed E-state index contributed by atoms with van der Waals surface area (Å²) in [7, 11) is 2.19. The Bertz CT molecular complexity index is 443. The Morgan fingerprint density at radius 3 is 2.75 bits per heavy atom. The maximum atomic E-state index is 11.5. The van der Waals surface area contributed by atoms with E-state index in [9.17, 15) is 4.79 Å². The summed E-state index contributed by atoms with van der Waals surface area (Å²) in [6, 6.07) is 8.95. The van der Waals surface area contributed by atoms with E-state index in [1.807, 2.05) is 30.8 Å². The summed E-state index contributed by atoms with van der Waals surface area (Å²) in [5, 5.41) is 0. The Morgan fingerprint density at radius 1 is 1.50 bits per heavy atom. The van der Waals surface area contributed by atoms with Crippen LogP contribution in [0.5, 0.6) is 0 Å². The van der Waals surface area contributed by atoms with Crippen molar-refractivity contribution < 1.29 is 4.79 Å². The lowest BCUT2D eigenvalue weighted by atomic mass is 9.99. The summed E-state index contributed by atoms with van der Waals surface area (Å²) >= 11 is 2.04. The minimum atomic E-state index is -0.210. The maximum absolute atomic E-state index is 11.5. The molecule has 1 amide bonds. The van der Waals surface area contributed by atoms with Crippen molar-refractivity contribution in [3.63, 3.8) is 0 Å². The highest BCUT2D eigenvalue weighted by Crippen LogP contribution is 2.23. The molecular formula is C15H23N3OS. The first-order valence-electron chi connectivity index (χ1n) is 6.99. The van der Waals surface area contributed by atoms with E-state index in [2.05, 4.69) is 29.5 Å². The number of nitrogens with zero attached hydrogens (tertiary/aromatic N) is 1. The van der Waals surface area contributed by atoms with Crippen LogP contribution in [0.15, 0.2) is 24.3 Å². The molecule has 2 unspecified atom stereocenters. The summed E-state index contributed by atoms with van der Waals surface area (Å²) in [6.45, 7) is 2.82. The molecule has 1 fully saturated rings. The van der Waals surface area contributed by atoms with E-state index in [-0.39, 0.29) is 11.8 Å². The van der Waals surface area contributed by atoms with Crippen LogP contribution in [-0.2, 0) is 11.3 Å². The fraction of sp³-hybridized carbons (Fsp3) is 0.533. The third-order valence-corrected chi connectivity index (χ3v) is 5.12. The number of hydrogen-bond acceptors (Lipinski definition) is 4. The highest BCUT2D eigenvalue weighted by atomic mass is 32.2. The fourth-order valence-electron chi connectivity index (χ4n) is 2.47. The standard InChI is InChI=1S/C15H23N3OS/c1-11(15(19)17-16)13-5-3-12(4-6-13)9-18(2)14-7-8-20-10-14/h3-6,11,14H,7-10,16H2,1-2H3,(H,17,19). The van der Waals surface area contributed by atoms with Crippen LogP contribution in [0, 0.1) is 0 Å². The Morgan fingerprint density at radius 2 is 2.20 bits per heavy atom. The lowest BCUT2D eigenvalue weighted by Crippen LogP contribution is -2.33. The lowest BCUT2D eigenvalue weighted by Gasteiger charge is -2.23. The van der Waals surface area contributed by atoms with Gasteiger partial charge in [-0.25, -0.2) is 5.84 Å². The molecule has 3 N–H and O–H groups in total. The van der Waals surface area contributed by atoms with Gasteiger partial charge in [-0.05, 0) is 37.3 Å². The molecular weight excluding hydrogens is 270 g/mol. The van der Waals surface area contributed by atoms with Crippen LogP contribution in [-0.4, -0.2) is 35.4 Å². The van der Waals surface area contributed by atoms with Crippen molar-refractivity contribution in [1.82, 2.24) is 10.3 Å². The lowest BCUT2D eigenvalue weighted by molar-refractivity contribution is -0.122. The quantitative estimate of drug-likeness (QED) is 0.493. The van der Waals surface area contributed by atoms with Gasteiger partial charge in [0, 0.05) is 18.3 Å². The van der Waals surface area contributed by atoms with Crippen molar-refractivity contribution >= 4 is 17.7 Å². The predicted octanol–water partition coefficient (Wildman–Crippen LogP) is 1.72. The highest BCUT2D eigenvalue weighted by molar-refractivity contribution is 7.99. The van der Waals surface area contributed by atoms with Gasteiger partial charge in [0.2, 0.25) is 5.91 Å². The van der Waals surface area contributed by atoms with E-state index >= 15 is 0 Å². The minimum absolute atomic E-state index is 0.155. The summed E-state index contributed by atoms with van der Waals surface area (Å²) in [6.07, 6.45) is 1.28. The van der Waals surface area contributed by atoms with Gasteiger partial charge in [0.25, 0.3) is 0 Å². The monoisotopic (exact) mass is 293 g/mol. The molecule has 0 bridgehead atoms. The van der Waals surface area contributed by atoms with Gasteiger partial charge in [-0.3, -0.25) is 15.1 Å². The van der Waals surface area contributed by atoms with E-state index < -0.39 is 0 Å². The van der Waals surface area contributed by atoms with Crippen LogP contribution in [0.2, 0.25) is 0 Å². The number of thioether (sulfide) groups is 1. The van der Waals surface area contributed by atoms with Crippen molar-refractivity contribution in [2.24, 2.45) is 5.84 Å². The van der Waals surface area contributed by atoms with Crippen LogP contribution < -0.4 is 11.3 Å². The fourth-order valence-corrected chi connectivity index (χ4v) is 3.77. The van der Waals surface area contributed by atoms with Crippen LogP contribution in [0.4, 0.5) is 0 Å². The number of nitrogens with two attached hydrogens (primary N) is 1. The van der Waals surface area contributed by atoms with Crippen LogP contribution in [0.1, 0.15) is 30.4 Å². The zero-order chi connectivity index (χ0) is 14.5. The smallest absolute Gasteiger partial charge is 0.241 e. The van der Waals surface area contributed by atoms with Crippen molar-refractivity contribution in [2.45, 2.75) is 31.8 Å². The Kier molecular flexibility index (Phi) is 5.46. The zero-order valence-corrected chi connectivity index (χ0v) is 13.0. The van der Waals surface area contributed by atoms with Crippen molar-refractivity contribution in [3.05, 3.63) is 35.4 Å². The third kappa shape index (κ3) is 3.75. The second kappa shape index (κ2) is 7.11. The molecule has 5 heteroatoms. The van der Waals surface area contributed by atoms with Gasteiger partial charge < -0.3 is 0 Å². The third-order valence-electron chi connectivity index (χ3n) is 3.98. The van der Waals surface area contributed by atoms with Gasteiger partial charge in [-0.15, -0.1) is 0 Å². The molecule has 2 atom stereocenters. The average Bonchev–Trinajstić information content (AvgIpc) is 3.01. The number of carbonyl (C=O) groups excluding carboxylic acids is 1. The van der Waals surface area contributed by atoms with Crippen molar-refractivity contribution in [1.29, 1.82) is 0 Å². The average molecular weight is 293 g/mol. The molecule has 0 spiro atoms. The normalized spacial score (nSPS) is 20.1. The molecule has 1 aliphatic heterocycles. The number of hydrazine groups is 1. The summed E-state index contributed by atoms with van der Waals surface area (Å²) in [4.78, 5) is 13.9. The van der Waals surface area contributed by atoms with Gasteiger partial charge in [0.15, 0.2) is 0 Å². The first-order chi connectivity index (χ1) is 9.61. The molecule has 1 aliphatic rings.